The van der Waals surface area contributed by atoms with Gasteiger partial charge >= 0.3 is 0 Å². The number of hydrogen-bond acceptors (Lipinski definition) is 5. The lowest BCUT2D eigenvalue weighted by molar-refractivity contribution is -0.113. The molecular weight excluding hydrogens is 298 g/mol. The van der Waals surface area contributed by atoms with Crippen LogP contribution in [0.5, 0.6) is 0 Å². The molecule has 118 valence electrons. The van der Waals surface area contributed by atoms with Gasteiger partial charge in [-0.25, -0.2) is 4.68 Å². The van der Waals surface area contributed by atoms with E-state index < -0.39 is 0 Å². The third kappa shape index (κ3) is 4.00. The molecule has 0 bridgehead atoms. The van der Waals surface area contributed by atoms with Gasteiger partial charge in [0.2, 0.25) is 11.1 Å². The lowest BCUT2D eigenvalue weighted by Gasteiger charge is -2.07. The second-order valence-corrected chi connectivity index (χ2v) is 6.10. The summed E-state index contributed by atoms with van der Waals surface area (Å²) < 4.78 is 1.46. The molecule has 0 spiro atoms. The van der Waals surface area contributed by atoms with Gasteiger partial charge in [-0.05, 0) is 43.5 Å². The molecule has 0 fully saturated rings. The van der Waals surface area contributed by atoms with Crippen molar-refractivity contribution in [3.63, 3.8) is 0 Å². The highest BCUT2D eigenvalue weighted by Crippen LogP contribution is 2.17. The van der Waals surface area contributed by atoms with Crippen molar-refractivity contribution >= 4 is 23.4 Å². The Morgan fingerprint density at radius 3 is 2.77 bits per heavy atom. The summed E-state index contributed by atoms with van der Waals surface area (Å²) in [6.07, 6.45) is 1.73. The second-order valence-electron chi connectivity index (χ2n) is 5.15. The quantitative estimate of drug-likeness (QED) is 0.630. The molecule has 0 aliphatic carbocycles. The molecule has 0 unspecified atom stereocenters. The molecule has 0 aliphatic heterocycles. The molecule has 1 aromatic carbocycles. The summed E-state index contributed by atoms with van der Waals surface area (Å²) in [4.78, 5) is 12.0. The molecule has 0 atom stereocenters. The van der Waals surface area contributed by atoms with Gasteiger partial charge in [-0.3, -0.25) is 4.79 Å². The Morgan fingerprint density at radius 2 is 2.09 bits per heavy atom. The molecule has 0 saturated carbocycles. The van der Waals surface area contributed by atoms with Crippen molar-refractivity contribution in [3.05, 3.63) is 35.2 Å². The molecule has 22 heavy (non-hydrogen) atoms. The molecule has 3 N–H and O–H groups in total. The summed E-state index contributed by atoms with van der Waals surface area (Å²) in [6.45, 7) is 6.11. The van der Waals surface area contributed by atoms with Crippen LogP contribution in [0.2, 0.25) is 0 Å². The zero-order valence-corrected chi connectivity index (χ0v) is 13.9. The van der Waals surface area contributed by atoms with Crippen molar-refractivity contribution in [2.75, 3.05) is 16.9 Å². The summed E-state index contributed by atoms with van der Waals surface area (Å²) >= 11 is 1.28. The number of aryl methyl sites for hydroxylation is 3. The summed E-state index contributed by atoms with van der Waals surface area (Å²) in [7, 11) is 0. The Labute approximate surface area is 134 Å². The van der Waals surface area contributed by atoms with Crippen LogP contribution in [0.4, 0.5) is 5.69 Å². The molecule has 2 rings (SSSR count). The highest BCUT2D eigenvalue weighted by Gasteiger charge is 2.12. The average molecular weight is 319 g/mol. The number of nitrogen functional groups attached to an aromatic ring is 1. The fourth-order valence-corrected chi connectivity index (χ4v) is 2.62. The number of rotatable bonds is 6. The number of carbonyl (C=O) groups is 1. The Hall–Kier alpha value is -2.02. The maximum atomic E-state index is 12.0. The number of nitrogens with one attached hydrogen (secondary N) is 1. The number of nitrogens with two attached hydrogens (primary N) is 1. The van der Waals surface area contributed by atoms with E-state index in [1.54, 1.807) is 0 Å². The smallest absolute Gasteiger partial charge is 0.234 e. The molecular formula is C15H21N5OS. The van der Waals surface area contributed by atoms with Gasteiger partial charge in [-0.15, -0.1) is 10.2 Å². The van der Waals surface area contributed by atoms with Gasteiger partial charge in [0.1, 0.15) is 0 Å². The number of hydrogen-bond donors (Lipinski definition) is 2. The first-order chi connectivity index (χ1) is 10.5. The molecule has 1 heterocycles. The van der Waals surface area contributed by atoms with Gasteiger partial charge in [0.25, 0.3) is 0 Å². The minimum absolute atomic E-state index is 0.0895. The maximum absolute atomic E-state index is 12.0. The SMILES string of the molecule is CCCc1nnc(SCC(=O)Nc2ccc(C)c(C)c2)n1N. The van der Waals surface area contributed by atoms with Gasteiger partial charge in [0.05, 0.1) is 5.75 Å². The first-order valence-electron chi connectivity index (χ1n) is 7.20. The van der Waals surface area contributed by atoms with Crippen molar-refractivity contribution in [2.24, 2.45) is 0 Å². The minimum atomic E-state index is -0.0895. The summed E-state index contributed by atoms with van der Waals surface area (Å²) in [5.74, 6) is 6.79. The van der Waals surface area contributed by atoms with Crippen molar-refractivity contribution in [1.29, 1.82) is 0 Å². The number of nitrogens with zero attached hydrogens (tertiary/aromatic N) is 3. The molecule has 0 aliphatic rings. The van der Waals surface area contributed by atoms with Gasteiger partial charge in [0.15, 0.2) is 5.82 Å². The Kier molecular flexibility index (Phi) is 5.43. The van der Waals surface area contributed by atoms with Crippen LogP contribution < -0.4 is 11.2 Å². The molecule has 6 nitrogen and oxygen atoms in total. The van der Waals surface area contributed by atoms with Crippen LogP contribution in [-0.2, 0) is 11.2 Å². The Bertz CT molecular complexity index is 668. The van der Waals surface area contributed by atoms with Crippen LogP contribution in [0.25, 0.3) is 0 Å². The van der Waals surface area contributed by atoms with Gasteiger partial charge < -0.3 is 11.2 Å². The van der Waals surface area contributed by atoms with Crippen LogP contribution in [0.3, 0.4) is 0 Å². The van der Waals surface area contributed by atoms with Crippen LogP contribution in [0.1, 0.15) is 30.3 Å². The number of thioether (sulfide) groups is 1. The van der Waals surface area contributed by atoms with Crippen molar-refractivity contribution < 1.29 is 4.79 Å². The highest BCUT2D eigenvalue weighted by atomic mass is 32.2. The first-order valence-corrected chi connectivity index (χ1v) is 8.19. The standard InChI is InChI=1S/C15H21N5OS/c1-4-5-13-18-19-15(20(13)16)22-9-14(21)17-12-7-6-10(2)11(3)8-12/h6-8H,4-5,9,16H2,1-3H3,(H,17,21). The lowest BCUT2D eigenvalue weighted by atomic mass is 10.1. The van der Waals surface area contributed by atoms with Gasteiger partial charge in [-0.1, -0.05) is 24.8 Å². The predicted molar refractivity (Wildman–Crippen MR) is 89.4 cm³/mol. The monoisotopic (exact) mass is 319 g/mol. The van der Waals surface area contributed by atoms with Crippen LogP contribution in [0.15, 0.2) is 23.4 Å². The van der Waals surface area contributed by atoms with Crippen molar-refractivity contribution in [1.82, 2.24) is 14.9 Å². The van der Waals surface area contributed by atoms with E-state index in [9.17, 15) is 4.79 Å². The molecule has 7 heteroatoms. The maximum Gasteiger partial charge on any atom is 0.234 e. The van der Waals surface area contributed by atoms with E-state index in [4.69, 9.17) is 5.84 Å². The van der Waals surface area contributed by atoms with Crippen LogP contribution in [-0.4, -0.2) is 26.5 Å². The van der Waals surface area contributed by atoms with Gasteiger partial charge in [-0.2, -0.15) is 0 Å². The summed E-state index contributed by atoms with van der Waals surface area (Å²) in [6, 6.07) is 5.85. The fourth-order valence-electron chi connectivity index (χ4n) is 1.95. The highest BCUT2D eigenvalue weighted by molar-refractivity contribution is 7.99. The topological polar surface area (TPSA) is 85.8 Å². The third-order valence-electron chi connectivity index (χ3n) is 3.33. The van der Waals surface area contributed by atoms with E-state index in [1.165, 1.54) is 22.0 Å². The predicted octanol–water partition coefficient (Wildman–Crippen LogP) is 2.29. The van der Waals surface area contributed by atoms with E-state index in [-0.39, 0.29) is 11.7 Å². The van der Waals surface area contributed by atoms with Gasteiger partial charge in [0, 0.05) is 12.1 Å². The number of anilines is 1. The second kappa shape index (κ2) is 7.31. The molecule has 0 saturated heterocycles. The number of carbonyl (C=O) groups excluding carboxylic acids is 1. The number of benzene rings is 1. The van der Waals surface area contributed by atoms with Crippen molar-refractivity contribution in [2.45, 2.75) is 38.8 Å². The molecule has 1 aromatic heterocycles. The van der Waals surface area contributed by atoms with E-state index in [2.05, 4.69) is 22.4 Å². The zero-order valence-electron chi connectivity index (χ0n) is 13.1. The largest absolute Gasteiger partial charge is 0.336 e. The zero-order chi connectivity index (χ0) is 16.1. The van der Waals surface area contributed by atoms with E-state index in [0.29, 0.717) is 5.16 Å². The Balaban J connectivity index is 1.91. The summed E-state index contributed by atoms with van der Waals surface area (Å²) in [5, 5.41) is 11.5. The number of aromatic nitrogens is 3. The number of amides is 1. The Morgan fingerprint density at radius 1 is 1.32 bits per heavy atom. The third-order valence-corrected chi connectivity index (χ3v) is 4.27. The fraction of sp³-hybridized carbons (Fsp3) is 0.400. The molecule has 1 amide bonds. The lowest BCUT2D eigenvalue weighted by Crippen LogP contribution is -2.17. The van der Waals surface area contributed by atoms with E-state index in [0.717, 1.165) is 29.9 Å². The van der Waals surface area contributed by atoms with Crippen LogP contribution in [0, 0.1) is 13.8 Å². The minimum Gasteiger partial charge on any atom is -0.336 e. The van der Waals surface area contributed by atoms with Crippen molar-refractivity contribution in [3.8, 4) is 0 Å². The average Bonchev–Trinajstić information content (AvgIpc) is 2.82. The van der Waals surface area contributed by atoms with E-state index >= 15 is 0 Å². The molecule has 2 aromatic rings. The van der Waals surface area contributed by atoms with E-state index in [1.807, 2.05) is 32.0 Å². The first kappa shape index (κ1) is 16.4. The van der Waals surface area contributed by atoms with Crippen LogP contribution >= 0.6 is 11.8 Å². The normalized spacial score (nSPS) is 10.7. The summed E-state index contributed by atoms with van der Waals surface area (Å²) in [5.41, 5.74) is 3.15. The molecule has 0 radical (unpaired) electrons.